The highest BCUT2D eigenvalue weighted by Gasteiger charge is 2.26. The third kappa shape index (κ3) is 8.15. The zero-order valence-electron chi connectivity index (χ0n) is 28.0. The molecule has 2 heteroatoms. The molecule has 0 amide bonds. The van der Waals surface area contributed by atoms with Gasteiger partial charge in [0.15, 0.2) is 0 Å². The summed E-state index contributed by atoms with van der Waals surface area (Å²) < 4.78 is 0. The fourth-order valence-corrected chi connectivity index (χ4v) is 5.64. The van der Waals surface area contributed by atoms with Crippen LogP contribution in [0.25, 0.3) is 33.0 Å². The molecule has 234 valence electrons. The minimum absolute atomic E-state index is 0.489. The van der Waals surface area contributed by atoms with Crippen LogP contribution >= 0.6 is 0 Å². The third-order valence-corrected chi connectivity index (χ3v) is 7.96. The van der Waals surface area contributed by atoms with Crippen LogP contribution in [0.15, 0.2) is 176 Å². The molecule has 0 unspecified atom stereocenters. The molecule has 4 aromatic rings. The van der Waals surface area contributed by atoms with E-state index >= 15 is 0 Å². The van der Waals surface area contributed by atoms with E-state index in [2.05, 4.69) is 134 Å². The smallest absolute Gasteiger partial charge is 0.0895 e. The lowest BCUT2D eigenvalue weighted by molar-refractivity contribution is 0.829. The number of aromatic nitrogens is 1. The molecule has 47 heavy (non-hydrogen) atoms. The fraction of sp³-hybridized carbons (Fsp3) is 0.133. The maximum atomic E-state index is 5.70. The molecule has 2 heterocycles. The van der Waals surface area contributed by atoms with Crippen molar-refractivity contribution < 1.29 is 0 Å². The van der Waals surface area contributed by atoms with Crippen molar-refractivity contribution in [3.63, 3.8) is 0 Å². The first-order valence-electron chi connectivity index (χ1n) is 16.2. The number of allylic oxidation sites excluding steroid dienone is 14. The second kappa shape index (κ2) is 17.2. The summed E-state index contributed by atoms with van der Waals surface area (Å²) >= 11 is 0. The Hall–Kier alpha value is -5.65. The lowest BCUT2D eigenvalue weighted by Gasteiger charge is -2.32. The summed E-state index contributed by atoms with van der Waals surface area (Å²) in [5.41, 5.74) is 9.79. The molecule has 0 spiro atoms. The predicted octanol–water partition coefficient (Wildman–Crippen LogP) is 12.5. The quantitative estimate of drug-likeness (QED) is 0.152. The number of nitrogens with zero attached hydrogens (tertiary/aromatic N) is 2. The van der Waals surface area contributed by atoms with Gasteiger partial charge < -0.3 is 4.90 Å². The van der Waals surface area contributed by atoms with Crippen LogP contribution in [0.3, 0.4) is 0 Å². The van der Waals surface area contributed by atoms with Crippen molar-refractivity contribution >= 4 is 22.1 Å². The summed E-state index contributed by atoms with van der Waals surface area (Å²) in [4.78, 5) is 6.36. The van der Waals surface area contributed by atoms with Gasteiger partial charge in [0, 0.05) is 17.1 Å². The number of anilines is 2. The van der Waals surface area contributed by atoms with Crippen molar-refractivity contribution in [3.8, 4) is 34.6 Å². The number of benzene rings is 3. The molecule has 1 aromatic heterocycles. The van der Waals surface area contributed by atoms with E-state index in [0.717, 1.165) is 23.4 Å². The molecule has 0 bridgehead atoms. The van der Waals surface area contributed by atoms with Crippen LogP contribution in [0, 0.1) is 18.3 Å². The summed E-state index contributed by atoms with van der Waals surface area (Å²) in [5.74, 6) is 3.18. The van der Waals surface area contributed by atoms with Gasteiger partial charge in [-0.25, -0.2) is 0 Å². The summed E-state index contributed by atoms with van der Waals surface area (Å²) in [7, 11) is 0. The summed E-state index contributed by atoms with van der Waals surface area (Å²) in [6.07, 6.45) is 33.6. The van der Waals surface area contributed by atoms with Gasteiger partial charge in [-0.2, -0.15) is 0 Å². The van der Waals surface area contributed by atoms with Gasteiger partial charge in [0.05, 0.1) is 23.3 Å². The molecule has 2 aliphatic rings. The number of rotatable bonds is 7. The van der Waals surface area contributed by atoms with E-state index in [1.165, 1.54) is 38.6 Å². The Bertz CT molecular complexity index is 1920. The van der Waals surface area contributed by atoms with E-state index < -0.39 is 0 Å². The van der Waals surface area contributed by atoms with Gasteiger partial charge in [0.1, 0.15) is 0 Å². The van der Waals surface area contributed by atoms with Gasteiger partial charge in [-0.15, -0.1) is 6.42 Å². The maximum Gasteiger partial charge on any atom is 0.0895 e. The molecule has 0 radical (unpaired) electrons. The van der Waals surface area contributed by atoms with Gasteiger partial charge in [-0.3, -0.25) is 4.98 Å². The Labute approximate surface area is 281 Å². The van der Waals surface area contributed by atoms with Crippen molar-refractivity contribution in [2.45, 2.75) is 34.1 Å². The second-order valence-corrected chi connectivity index (χ2v) is 10.9. The molecular weight excluding hydrogens is 569 g/mol. The normalized spacial score (nSPS) is 13.6. The van der Waals surface area contributed by atoms with E-state index in [-0.39, 0.29) is 0 Å². The van der Waals surface area contributed by atoms with E-state index in [4.69, 9.17) is 6.42 Å². The van der Waals surface area contributed by atoms with Crippen LogP contribution in [0.5, 0.6) is 0 Å². The summed E-state index contributed by atoms with van der Waals surface area (Å²) in [5, 5.41) is 2.37. The Morgan fingerprint density at radius 2 is 1.66 bits per heavy atom. The largest absolute Gasteiger partial charge is 0.301 e. The minimum Gasteiger partial charge on any atom is -0.301 e. The lowest BCUT2D eigenvalue weighted by Crippen LogP contribution is -2.19. The molecule has 0 fully saturated rings. The van der Waals surface area contributed by atoms with Crippen LogP contribution < -0.4 is 4.90 Å². The van der Waals surface area contributed by atoms with E-state index in [9.17, 15) is 0 Å². The monoisotopic (exact) mass is 612 g/mol. The number of fused-ring (bicyclic) bond motifs is 2. The molecular formula is C45H44N2. The van der Waals surface area contributed by atoms with Crippen molar-refractivity contribution in [3.05, 3.63) is 176 Å². The number of pyridine rings is 1. The summed E-state index contributed by atoms with van der Waals surface area (Å²) in [6.45, 7) is 16.1. The van der Waals surface area contributed by atoms with E-state index in [0.29, 0.717) is 11.6 Å². The molecule has 0 saturated heterocycles. The highest BCUT2D eigenvalue weighted by atomic mass is 15.2. The standard InChI is InChI=1S/C25H16N2.C18H22.C2H6/c1-3-17(2)27-23-11-7-10-19-14-20(18-8-5-4-6-9-18)15-22(25(19)23)21-12-13-26-16-24(21)27;1-4-6-13-18(5-2)16(3)14-15-17-11-9-7-8-10-12-17;1-2/h1,4-16H,2H2;4-14,17H,2,15H2,1,3H3;1-2H3/b;6-4-,16-14+,18-13+;. The van der Waals surface area contributed by atoms with Gasteiger partial charge >= 0.3 is 0 Å². The third-order valence-electron chi connectivity index (χ3n) is 7.96. The average molecular weight is 613 g/mol. The molecule has 0 N–H and O–H groups in total. The van der Waals surface area contributed by atoms with E-state index in [1.807, 2.05) is 68.4 Å². The van der Waals surface area contributed by atoms with Crippen LogP contribution in [0.4, 0.5) is 11.4 Å². The first kappa shape index (κ1) is 34.2. The SMILES string of the molecule is C#CC(=C)N1c2cnccc2-c2cc(-c3ccccc3)cc3cccc1c23.C=CC(=C\C=C/C)/C(C)=C/CC1C=CC=CC=C1.CC. The maximum absolute atomic E-state index is 5.70. The lowest BCUT2D eigenvalue weighted by atomic mass is 9.88. The van der Waals surface area contributed by atoms with Crippen LogP contribution in [-0.4, -0.2) is 4.98 Å². The average Bonchev–Trinajstić information content (AvgIpc) is 3.41. The molecule has 1 aliphatic carbocycles. The van der Waals surface area contributed by atoms with Gasteiger partial charge in [0.2, 0.25) is 0 Å². The Morgan fingerprint density at radius 1 is 0.915 bits per heavy atom. The van der Waals surface area contributed by atoms with Crippen LogP contribution in [0.1, 0.15) is 34.1 Å². The van der Waals surface area contributed by atoms with Crippen molar-refractivity contribution in [1.29, 1.82) is 0 Å². The van der Waals surface area contributed by atoms with Gasteiger partial charge in [-0.05, 0) is 83.7 Å². The number of hydrogen-bond donors (Lipinski definition) is 0. The van der Waals surface area contributed by atoms with Crippen molar-refractivity contribution in [2.75, 3.05) is 4.90 Å². The first-order chi connectivity index (χ1) is 23.0. The minimum atomic E-state index is 0.489. The number of terminal acetylenes is 1. The molecule has 1 aliphatic heterocycles. The molecule has 2 nitrogen and oxygen atoms in total. The molecule has 0 saturated carbocycles. The highest BCUT2D eigenvalue weighted by Crippen LogP contribution is 2.49. The van der Waals surface area contributed by atoms with Crippen molar-refractivity contribution in [2.24, 2.45) is 5.92 Å². The highest BCUT2D eigenvalue weighted by molar-refractivity contribution is 6.14. The Kier molecular flexibility index (Phi) is 12.5. The zero-order valence-corrected chi connectivity index (χ0v) is 28.0. The molecule has 3 aromatic carbocycles. The van der Waals surface area contributed by atoms with Crippen LogP contribution in [-0.2, 0) is 0 Å². The molecule has 0 atom stereocenters. The second-order valence-electron chi connectivity index (χ2n) is 10.9. The van der Waals surface area contributed by atoms with Crippen LogP contribution in [0.2, 0.25) is 0 Å². The Morgan fingerprint density at radius 3 is 2.34 bits per heavy atom. The topological polar surface area (TPSA) is 16.1 Å². The van der Waals surface area contributed by atoms with Gasteiger partial charge in [0.25, 0.3) is 0 Å². The van der Waals surface area contributed by atoms with Gasteiger partial charge in [-0.1, -0.05) is 142 Å². The zero-order chi connectivity index (χ0) is 33.6. The first-order valence-corrected chi connectivity index (χ1v) is 16.2. The van der Waals surface area contributed by atoms with E-state index in [1.54, 1.807) is 0 Å². The predicted molar refractivity (Wildman–Crippen MR) is 206 cm³/mol. The fourth-order valence-electron chi connectivity index (χ4n) is 5.64. The summed E-state index contributed by atoms with van der Waals surface area (Å²) in [6, 6.07) is 23.3. The number of hydrogen-bond acceptors (Lipinski definition) is 2. The van der Waals surface area contributed by atoms with Crippen molar-refractivity contribution in [1.82, 2.24) is 4.98 Å². The molecule has 6 rings (SSSR count). The Balaban J connectivity index is 0.000000219.